The Morgan fingerprint density at radius 2 is 2.03 bits per heavy atom. The molecule has 1 aliphatic rings. The second-order valence-corrected chi connectivity index (χ2v) is 6.97. The third-order valence-electron chi connectivity index (χ3n) is 4.47. The normalized spacial score (nSPS) is 14.6. The first-order chi connectivity index (χ1) is 14.8. The largest absolute Gasteiger partial charge is 0.484 e. The number of alkyl halides is 3. The van der Waals surface area contributed by atoms with Crippen LogP contribution < -0.4 is 10.1 Å². The first-order valence-electron chi connectivity index (χ1n) is 9.26. The molecule has 11 heteroatoms. The minimum Gasteiger partial charge on any atom is -0.484 e. The molecule has 0 atom stereocenters. The van der Waals surface area contributed by atoms with Crippen LogP contribution in [0.25, 0.3) is 16.9 Å². The van der Waals surface area contributed by atoms with Gasteiger partial charge in [0.05, 0.1) is 36.5 Å². The summed E-state index contributed by atoms with van der Waals surface area (Å²) in [4.78, 5) is 17.3. The van der Waals surface area contributed by atoms with E-state index in [-0.39, 0.29) is 23.8 Å². The van der Waals surface area contributed by atoms with Crippen molar-refractivity contribution in [2.45, 2.75) is 12.7 Å². The molecule has 1 aliphatic heterocycles. The molecule has 1 aromatic carbocycles. The summed E-state index contributed by atoms with van der Waals surface area (Å²) >= 11 is 0. The molecular weight excluding hydrogens is 418 g/mol. The van der Waals surface area contributed by atoms with Crippen molar-refractivity contribution in [2.24, 2.45) is 0 Å². The van der Waals surface area contributed by atoms with Crippen LogP contribution in [-0.4, -0.2) is 51.6 Å². The monoisotopic (exact) mass is 435 g/mol. The second-order valence-electron chi connectivity index (χ2n) is 6.97. The molecule has 2 aromatic heterocycles. The molecule has 1 N–H and O–H groups in total. The number of aromatic nitrogens is 3. The highest BCUT2D eigenvalue weighted by Gasteiger charge is 2.28. The first kappa shape index (κ1) is 20.8. The minimum absolute atomic E-state index is 0.0940. The molecule has 7 nitrogen and oxygen atoms in total. The maximum Gasteiger partial charge on any atom is 0.422 e. The van der Waals surface area contributed by atoms with Crippen molar-refractivity contribution < 1.29 is 27.1 Å². The van der Waals surface area contributed by atoms with E-state index in [9.17, 15) is 22.4 Å². The number of hydrogen-bond acceptors (Lipinski definition) is 5. The lowest BCUT2D eigenvalue weighted by molar-refractivity contribution is -0.153. The molecule has 1 amide bonds. The zero-order valence-corrected chi connectivity index (χ0v) is 16.1. The van der Waals surface area contributed by atoms with E-state index >= 15 is 0 Å². The number of halogens is 4. The predicted molar refractivity (Wildman–Crippen MR) is 102 cm³/mol. The van der Waals surface area contributed by atoms with Gasteiger partial charge in [-0.1, -0.05) is 0 Å². The van der Waals surface area contributed by atoms with E-state index < -0.39 is 18.6 Å². The van der Waals surface area contributed by atoms with Crippen LogP contribution >= 0.6 is 0 Å². The molecule has 31 heavy (non-hydrogen) atoms. The Balaban J connectivity index is 1.71. The molecule has 0 unspecified atom stereocenters. The Bertz CT molecular complexity index is 1080. The molecular formula is C20H17F4N5O2. The van der Waals surface area contributed by atoms with Crippen LogP contribution in [0.2, 0.25) is 0 Å². The van der Waals surface area contributed by atoms with Crippen molar-refractivity contribution in [3.8, 4) is 22.7 Å². The third-order valence-corrected chi connectivity index (χ3v) is 4.47. The van der Waals surface area contributed by atoms with Gasteiger partial charge in [-0.05, 0) is 30.3 Å². The summed E-state index contributed by atoms with van der Waals surface area (Å²) in [7, 11) is 0. The molecule has 162 valence electrons. The number of ether oxygens (including phenoxy) is 1. The minimum atomic E-state index is -4.54. The zero-order valence-electron chi connectivity index (χ0n) is 16.1. The standard InChI is InChI=1S/C20H17F4N5O2/c21-14-4-13(5-17(6-14)31-11-20(22,23)24)18-7-15(9-28-10-19(30)26-12-28)27-29(18)16-2-1-3-25-8-16/h1-8H,9-12H2,(H,26,30). The highest BCUT2D eigenvalue weighted by molar-refractivity contribution is 5.79. The van der Waals surface area contributed by atoms with Gasteiger partial charge in [0.1, 0.15) is 11.6 Å². The van der Waals surface area contributed by atoms with Crippen molar-refractivity contribution in [1.29, 1.82) is 0 Å². The molecule has 1 saturated heterocycles. The fourth-order valence-corrected chi connectivity index (χ4v) is 3.20. The average Bonchev–Trinajstić information content (AvgIpc) is 3.32. The van der Waals surface area contributed by atoms with Gasteiger partial charge >= 0.3 is 6.18 Å². The Kier molecular flexibility index (Phi) is 5.59. The Hall–Kier alpha value is -3.47. The zero-order chi connectivity index (χ0) is 22.0. The number of benzene rings is 1. The quantitative estimate of drug-likeness (QED) is 0.603. The Morgan fingerprint density at radius 1 is 1.19 bits per heavy atom. The molecule has 3 aromatic rings. The molecule has 0 spiro atoms. The van der Waals surface area contributed by atoms with Crippen LogP contribution in [0.15, 0.2) is 48.8 Å². The van der Waals surface area contributed by atoms with Crippen molar-refractivity contribution in [1.82, 2.24) is 25.0 Å². The fraction of sp³-hybridized carbons (Fsp3) is 0.250. The summed E-state index contributed by atoms with van der Waals surface area (Å²) < 4.78 is 57.9. The molecule has 0 radical (unpaired) electrons. The van der Waals surface area contributed by atoms with Crippen LogP contribution in [0.4, 0.5) is 17.6 Å². The lowest BCUT2D eigenvalue weighted by Crippen LogP contribution is -2.21. The fourth-order valence-electron chi connectivity index (χ4n) is 3.20. The Labute approximate surface area is 174 Å². The SMILES string of the molecule is O=C1CN(Cc2cc(-c3cc(F)cc(OCC(F)(F)F)c3)n(-c3cccnc3)n2)CN1. The highest BCUT2D eigenvalue weighted by atomic mass is 19.4. The highest BCUT2D eigenvalue weighted by Crippen LogP contribution is 2.29. The number of hydrogen-bond donors (Lipinski definition) is 1. The van der Waals surface area contributed by atoms with Crippen LogP contribution in [-0.2, 0) is 11.3 Å². The third kappa shape index (κ3) is 5.18. The summed E-state index contributed by atoms with van der Waals surface area (Å²) in [5, 5.41) is 7.24. The van der Waals surface area contributed by atoms with E-state index in [1.165, 1.54) is 16.8 Å². The predicted octanol–water partition coefficient (Wildman–Crippen LogP) is 2.90. The van der Waals surface area contributed by atoms with Crippen molar-refractivity contribution >= 4 is 5.91 Å². The number of nitrogens with one attached hydrogen (secondary N) is 1. The van der Waals surface area contributed by atoms with Gasteiger partial charge in [-0.3, -0.25) is 14.7 Å². The number of amides is 1. The van der Waals surface area contributed by atoms with Gasteiger partial charge in [0, 0.05) is 24.4 Å². The summed E-state index contributed by atoms with van der Waals surface area (Å²) in [6.07, 6.45) is -1.40. The molecule has 0 aliphatic carbocycles. The maximum absolute atomic E-state index is 14.2. The number of rotatable bonds is 6. The summed E-state index contributed by atoms with van der Waals surface area (Å²) in [6.45, 7) is -0.571. The number of carbonyl (C=O) groups excluding carboxylic acids is 1. The number of nitrogens with zero attached hydrogens (tertiary/aromatic N) is 4. The summed E-state index contributed by atoms with van der Waals surface area (Å²) in [5.74, 6) is -1.09. The van der Waals surface area contributed by atoms with E-state index in [2.05, 4.69) is 15.4 Å². The van der Waals surface area contributed by atoms with Gasteiger partial charge in [-0.2, -0.15) is 18.3 Å². The van der Waals surface area contributed by atoms with Gasteiger partial charge in [-0.25, -0.2) is 9.07 Å². The van der Waals surface area contributed by atoms with E-state index in [0.717, 1.165) is 6.07 Å². The topological polar surface area (TPSA) is 72.3 Å². The lowest BCUT2D eigenvalue weighted by atomic mass is 10.1. The first-order valence-corrected chi connectivity index (χ1v) is 9.26. The van der Waals surface area contributed by atoms with Gasteiger partial charge in [-0.15, -0.1) is 0 Å². The summed E-state index contributed by atoms with van der Waals surface area (Å²) in [6, 6.07) is 8.54. The smallest absolute Gasteiger partial charge is 0.422 e. The van der Waals surface area contributed by atoms with Crippen LogP contribution in [0, 0.1) is 5.82 Å². The van der Waals surface area contributed by atoms with Gasteiger partial charge < -0.3 is 10.1 Å². The maximum atomic E-state index is 14.2. The average molecular weight is 435 g/mol. The van der Waals surface area contributed by atoms with Crippen molar-refractivity contribution in [3.63, 3.8) is 0 Å². The lowest BCUT2D eigenvalue weighted by Gasteiger charge is -2.12. The molecule has 3 heterocycles. The number of pyridine rings is 1. The van der Waals surface area contributed by atoms with Crippen molar-refractivity contribution in [2.75, 3.05) is 19.8 Å². The molecule has 0 saturated carbocycles. The van der Waals surface area contributed by atoms with Gasteiger partial charge in [0.15, 0.2) is 6.61 Å². The van der Waals surface area contributed by atoms with E-state index in [0.29, 0.717) is 30.3 Å². The van der Waals surface area contributed by atoms with E-state index in [4.69, 9.17) is 4.74 Å². The van der Waals surface area contributed by atoms with Crippen LogP contribution in [0.5, 0.6) is 5.75 Å². The van der Waals surface area contributed by atoms with Gasteiger partial charge in [0.2, 0.25) is 5.91 Å². The van der Waals surface area contributed by atoms with Crippen LogP contribution in [0.1, 0.15) is 5.69 Å². The molecule has 4 rings (SSSR count). The number of carbonyl (C=O) groups is 1. The molecule has 0 bridgehead atoms. The van der Waals surface area contributed by atoms with E-state index in [1.54, 1.807) is 30.6 Å². The Morgan fingerprint density at radius 3 is 2.71 bits per heavy atom. The summed E-state index contributed by atoms with van der Waals surface area (Å²) in [5.41, 5.74) is 1.91. The molecule has 1 fully saturated rings. The van der Waals surface area contributed by atoms with Crippen LogP contribution in [0.3, 0.4) is 0 Å². The van der Waals surface area contributed by atoms with Gasteiger partial charge in [0.25, 0.3) is 0 Å². The second kappa shape index (κ2) is 8.34. The van der Waals surface area contributed by atoms with Crippen molar-refractivity contribution in [3.05, 3.63) is 60.3 Å². The van der Waals surface area contributed by atoms with E-state index in [1.807, 2.05) is 4.90 Å².